The van der Waals surface area contributed by atoms with E-state index in [9.17, 15) is 14.4 Å². The first-order valence-electron chi connectivity index (χ1n) is 8.38. The highest BCUT2D eigenvalue weighted by Gasteiger charge is 2.38. The summed E-state index contributed by atoms with van der Waals surface area (Å²) in [5.74, 6) is -0.254. The molecule has 26 heavy (non-hydrogen) atoms. The number of thioether (sulfide) groups is 1. The lowest BCUT2D eigenvalue weighted by Gasteiger charge is -2.23. The van der Waals surface area contributed by atoms with Crippen LogP contribution in [0.5, 0.6) is 0 Å². The van der Waals surface area contributed by atoms with Gasteiger partial charge in [-0.25, -0.2) is 4.79 Å². The zero-order valence-electron chi connectivity index (χ0n) is 15.1. The van der Waals surface area contributed by atoms with Crippen molar-refractivity contribution < 1.29 is 23.9 Å². The number of esters is 1. The number of hydrogen-bond donors (Lipinski definition) is 2. The molecule has 1 fully saturated rings. The van der Waals surface area contributed by atoms with Crippen LogP contribution < -0.4 is 10.6 Å². The summed E-state index contributed by atoms with van der Waals surface area (Å²) in [6.45, 7) is 3.82. The van der Waals surface area contributed by atoms with Crippen LogP contribution in [0.25, 0.3) is 0 Å². The highest BCUT2D eigenvalue weighted by atomic mass is 32.2. The summed E-state index contributed by atoms with van der Waals surface area (Å²) in [5.41, 5.74) is 0.865. The summed E-state index contributed by atoms with van der Waals surface area (Å²) in [4.78, 5) is 36.4. The Labute approximate surface area is 157 Å². The Hall–Kier alpha value is -2.06. The molecule has 0 aliphatic carbocycles. The molecule has 1 aliphatic heterocycles. The Bertz CT molecular complexity index is 638. The maximum absolute atomic E-state index is 12.7. The van der Waals surface area contributed by atoms with Crippen LogP contribution in [0.4, 0.5) is 4.79 Å². The smallest absolute Gasteiger partial charge is 0.408 e. The van der Waals surface area contributed by atoms with Crippen molar-refractivity contribution in [1.82, 2.24) is 10.6 Å². The Balaban J connectivity index is 1.90. The van der Waals surface area contributed by atoms with Gasteiger partial charge in [-0.3, -0.25) is 14.9 Å². The molecule has 0 spiro atoms. The summed E-state index contributed by atoms with van der Waals surface area (Å²) in [5, 5.41) is 5.03. The Kier molecular flexibility index (Phi) is 7.47. The number of carbonyl (C=O) groups is 3. The first-order chi connectivity index (χ1) is 12.4. The lowest BCUT2D eigenvalue weighted by Crippen LogP contribution is -2.51. The molecule has 0 unspecified atom stereocenters. The van der Waals surface area contributed by atoms with E-state index in [0.29, 0.717) is 5.75 Å². The third kappa shape index (κ3) is 5.47. The minimum Gasteiger partial charge on any atom is -0.468 e. The number of ketones is 1. The quantitative estimate of drug-likeness (QED) is 0.696. The third-order valence-electron chi connectivity index (χ3n) is 3.99. The monoisotopic (exact) mass is 380 g/mol. The van der Waals surface area contributed by atoms with Crippen molar-refractivity contribution in [2.24, 2.45) is 5.92 Å². The van der Waals surface area contributed by atoms with Gasteiger partial charge in [0, 0.05) is 5.75 Å². The van der Waals surface area contributed by atoms with E-state index in [4.69, 9.17) is 9.47 Å². The maximum atomic E-state index is 12.7. The molecule has 1 saturated heterocycles. The second-order valence-corrected chi connectivity index (χ2v) is 7.42. The number of methoxy groups -OCH3 is 1. The van der Waals surface area contributed by atoms with E-state index in [-0.39, 0.29) is 18.3 Å². The van der Waals surface area contributed by atoms with E-state index in [1.165, 1.54) is 18.9 Å². The molecule has 0 saturated carbocycles. The number of ether oxygens (including phenoxy) is 2. The fraction of sp³-hybridized carbons (Fsp3) is 0.500. The Morgan fingerprint density at radius 2 is 1.96 bits per heavy atom. The second kappa shape index (κ2) is 9.59. The van der Waals surface area contributed by atoms with Gasteiger partial charge in [-0.2, -0.15) is 0 Å². The fourth-order valence-electron chi connectivity index (χ4n) is 2.54. The van der Waals surface area contributed by atoms with Crippen molar-refractivity contribution >= 4 is 29.6 Å². The molecule has 2 rings (SSSR count). The van der Waals surface area contributed by atoms with Gasteiger partial charge in [-0.05, 0) is 11.5 Å². The summed E-state index contributed by atoms with van der Waals surface area (Å²) in [6, 6.07) is 8.08. The maximum Gasteiger partial charge on any atom is 0.408 e. The van der Waals surface area contributed by atoms with Crippen LogP contribution in [0.2, 0.25) is 0 Å². The SMILES string of the molecule is COC(=O)[C@@H]1CS[C@@H](C(=O)[C@@H](NC(=O)OCc2ccccc2)C(C)C)N1. The predicted molar refractivity (Wildman–Crippen MR) is 98.6 cm³/mol. The van der Waals surface area contributed by atoms with Gasteiger partial charge < -0.3 is 14.8 Å². The number of benzene rings is 1. The topological polar surface area (TPSA) is 93.7 Å². The molecule has 3 atom stereocenters. The number of amides is 1. The molecule has 1 aliphatic rings. The van der Waals surface area contributed by atoms with Gasteiger partial charge in [0.05, 0.1) is 13.2 Å². The fourth-order valence-corrected chi connectivity index (χ4v) is 3.72. The van der Waals surface area contributed by atoms with Crippen molar-refractivity contribution in [3.05, 3.63) is 35.9 Å². The molecule has 8 heteroatoms. The normalized spacial score (nSPS) is 20.5. The van der Waals surface area contributed by atoms with Crippen LogP contribution in [0.15, 0.2) is 30.3 Å². The molecule has 0 aromatic heterocycles. The number of Topliss-reactive ketones (excluding diaryl/α,β-unsaturated/α-hetero) is 1. The first-order valence-corrected chi connectivity index (χ1v) is 9.43. The summed E-state index contributed by atoms with van der Waals surface area (Å²) < 4.78 is 9.89. The predicted octanol–water partition coefficient (Wildman–Crippen LogP) is 1.71. The van der Waals surface area contributed by atoms with E-state index in [2.05, 4.69) is 10.6 Å². The van der Waals surface area contributed by atoms with Crippen LogP contribution in [0, 0.1) is 5.92 Å². The van der Waals surface area contributed by atoms with Gasteiger partial charge in [-0.1, -0.05) is 44.2 Å². The standard InChI is InChI=1S/C18H24N2O5S/c1-11(2)14(15(21)16-19-13(10-26-16)17(22)24-3)20-18(23)25-9-12-7-5-4-6-8-12/h4-8,11,13-14,16,19H,9-10H2,1-3H3,(H,20,23)/t13-,14-,16-/m0/s1. The van der Waals surface area contributed by atoms with E-state index in [0.717, 1.165) is 5.56 Å². The van der Waals surface area contributed by atoms with Gasteiger partial charge >= 0.3 is 12.1 Å². The van der Waals surface area contributed by atoms with Crippen LogP contribution in [-0.2, 0) is 25.7 Å². The number of alkyl carbamates (subject to hydrolysis) is 1. The molecular formula is C18H24N2O5S. The summed E-state index contributed by atoms with van der Waals surface area (Å²) in [7, 11) is 1.31. The zero-order valence-corrected chi connectivity index (χ0v) is 15.9. The van der Waals surface area contributed by atoms with Gasteiger partial charge in [0.2, 0.25) is 0 Å². The van der Waals surface area contributed by atoms with Crippen molar-refractivity contribution in [3.8, 4) is 0 Å². The molecule has 7 nitrogen and oxygen atoms in total. The van der Waals surface area contributed by atoms with Gasteiger partial charge in [-0.15, -0.1) is 11.8 Å². The van der Waals surface area contributed by atoms with Gasteiger partial charge in [0.1, 0.15) is 18.0 Å². The molecule has 1 heterocycles. The molecule has 1 aromatic carbocycles. The summed E-state index contributed by atoms with van der Waals surface area (Å²) in [6.07, 6.45) is -0.645. The van der Waals surface area contributed by atoms with Crippen LogP contribution in [0.1, 0.15) is 19.4 Å². The van der Waals surface area contributed by atoms with Crippen LogP contribution in [0.3, 0.4) is 0 Å². The minimum atomic E-state index is -0.709. The van der Waals surface area contributed by atoms with Crippen molar-refractivity contribution in [2.75, 3.05) is 12.9 Å². The second-order valence-electron chi connectivity index (χ2n) is 6.29. The molecular weight excluding hydrogens is 356 g/mol. The number of nitrogens with one attached hydrogen (secondary N) is 2. The molecule has 1 aromatic rings. The average molecular weight is 380 g/mol. The third-order valence-corrected chi connectivity index (χ3v) is 5.21. The Morgan fingerprint density at radius 1 is 1.27 bits per heavy atom. The zero-order chi connectivity index (χ0) is 19.1. The molecule has 0 bridgehead atoms. The number of carbonyl (C=O) groups excluding carboxylic acids is 3. The van der Waals surface area contributed by atoms with E-state index in [1.807, 2.05) is 44.2 Å². The van der Waals surface area contributed by atoms with E-state index < -0.39 is 29.5 Å². The highest BCUT2D eigenvalue weighted by Crippen LogP contribution is 2.23. The number of rotatable bonds is 7. The van der Waals surface area contributed by atoms with Gasteiger partial charge in [0.25, 0.3) is 0 Å². The lowest BCUT2D eigenvalue weighted by molar-refractivity contribution is -0.142. The molecule has 142 valence electrons. The van der Waals surface area contributed by atoms with Crippen molar-refractivity contribution in [1.29, 1.82) is 0 Å². The molecule has 0 radical (unpaired) electrons. The van der Waals surface area contributed by atoms with Crippen LogP contribution in [-0.4, -0.2) is 48.2 Å². The van der Waals surface area contributed by atoms with Crippen molar-refractivity contribution in [3.63, 3.8) is 0 Å². The highest BCUT2D eigenvalue weighted by molar-refractivity contribution is 8.00. The summed E-state index contributed by atoms with van der Waals surface area (Å²) >= 11 is 1.33. The lowest BCUT2D eigenvalue weighted by atomic mass is 9.99. The molecule has 2 N–H and O–H groups in total. The van der Waals surface area contributed by atoms with Gasteiger partial charge in [0.15, 0.2) is 5.78 Å². The molecule has 1 amide bonds. The first kappa shape index (κ1) is 20.3. The Morgan fingerprint density at radius 3 is 2.58 bits per heavy atom. The van der Waals surface area contributed by atoms with E-state index in [1.54, 1.807) is 0 Å². The number of hydrogen-bond acceptors (Lipinski definition) is 7. The average Bonchev–Trinajstić information content (AvgIpc) is 3.14. The van der Waals surface area contributed by atoms with Crippen LogP contribution >= 0.6 is 11.8 Å². The van der Waals surface area contributed by atoms with Crippen molar-refractivity contribution in [2.45, 2.75) is 37.9 Å². The van der Waals surface area contributed by atoms with E-state index >= 15 is 0 Å². The minimum absolute atomic E-state index is 0.119. The largest absolute Gasteiger partial charge is 0.468 e.